The smallest absolute Gasteiger partial charge is 0.353 e. The lowest BCUT2D eigenvalue weighted by atomic mass is 10.2. The Bertz CT molecular complexity index is 1020. The maximum Gasteiger partial charge on any atom is 0.353 e. The topological polar surface area (TPSA) is 77.0 Å². The number of hydrogen-bond donors (Lipinski definition) is 1. The molecule has 0 aliphatic carbocycles. The first-order valence-corrected chi connectivity index (χ1v) is 10.4. The number of thiophene rings is 1. The van der Waals surface area contributed by atoms with Crippen molar-refractivity contribution >= 4 is 45.4 Å². The Morgan fingerprint density at radius 3 is 2.62 bits per heavy atom. The van der Waals surface area contributed by atoms with Gasteiger partial charge in [0.05, 0.1) is 12.8 Å². The SMILES string of the molecule is CCOc1cc(/C=N\NC(=O)c2ccc(Br)cc2)ccc1OC(=O)c1cccs1. The normalized spacial score (nSPS) is 10.7. The molecule has 0 spiro atoms. The molecule has 1 heterocycles. The van der Waals surface area contributed by atoms with Crippen LogP contribution in [0.2, 0.25) is 0 Å². The number of rotatable bonds is 7. The molecule has 1 aromatic heterocycles. The van der Waals surface area contributed by atoms with Crippen LogP contribution in [-0.4, -0.2) is 24.7 Å². The largest absolute Gasteiger partial charge is 0.490 e. The van der Waals surface area contributed by atoms with Gasteiger partial charge in [-0.15, -0.1) is 11.3 Å². The Balaban J connectivity index is 1.68. The van der Waals surface area contributed by atoms with Gasteiger partial charge < -0.3 is 9.47 Å². The third-order valence-electron chi connectivity index (χ3n) is 3.68. The van der Waals surface area contributed by atoms with Crippen molar-refractivity contribution in [3.05, 3.63) is 80.5 Å². The van der Waals surface area contributed by atoms with Crippen LogP contribution in [0.4, 0.5) is 0 Å². The maximum atomic E-state index is 12.2. The second-order valence-corrected chi connectivity index (χ2v) is 7.58. The van der Waals surface area contributed by atoms with Crippen molar-refractivity contribution in [1.82, 2.24) is 5.43 Å². The average Bonchev–Trinajstić information content (AvgIpc) is 3.25. The number of carbonyl (C=O) groups excluding carboxylic acids is 2. The van der Waals surface area contributed by atoms with Crippen molar-refractivity contribution in [3.63, 3.8) is 0 Å². The van der Waals surface area contributed by atoms with Crippen LogP contribution < -0.4 is 14.9 Å². The van der Waals surface area contributed by atoms with Gasteiger partial charge in [0.15, 0.2) is 11.5 Å². The van der Waals surface area contributed by atoms with Crippen molar-refractivity contribution in [1.29, 1.82) is 0 Å². The molecule has 0 saturated heterocycles. The molecule has 1 N–H and O–H groups in total. The van der Waals surface area contributed by atoms with Crippen molar-refractivity contribution in [2.75, 3.05) is 6.61 Å². The third kappa shape index (κ3) is 5.75. The van der Waals surface area contributed by atoms with Gasteiger partial charge in [0.1, 0.15) is 4.88 Å². The van der Waals surface area contributed by atoms with Crippen molar-refractivity contribution in [2.24, 2.45) is 5.10 Å². The van der Waals surface area contributed by atoms with Gasteiger partial charge in [-0.05, 0) is 66.4 Å². The second-order valence-electron chi connectivity index (χ2n) is 5.71. The highest BCUT2D eigenvalue weighted by Crippen LogP contribution is 2.29. The molecule has 0 bridgehead atoms. The minimum Gasteiger partial charge on any atom is -0.490 e. The van der Waals surface area contributed by atoms with E-state index in [4.69, 9.17) is 9.47 Å². The van der Waals surface area contributed by atoms with Gasteiger partial charge in [-0.3, -0.25) is 4.79 Å². The number of nitrogens with zero attached hydrogens (tertiary/aromatic N) is 1. The molecular weight excluding hydrogens is 456 g/mol. The summed E-state index contributed by atoms with van der Waals surface area (Å²) in [5.41, 5.74) is 3.65. The highest BCUT2D eigenvalue weighted by Gasteiger charge is 2.14. The maximum absolute atomic E-state index is 12.2. The lowest BCUT2D eigenvalue weighted by Gasteiger charge is -2.10. The number of hydrogen-bond acceptors (Lipinski definition) is 6. The van der Waals surface area contributed by atoms with E-state index in [9.17, 15) is 9.59 Å². The number of benzene rings is 2. The highest BCUT2D eigenvalue weighted by atomic mass is 79.9. The second kappa shape index (κ2) is 9.99. The fourth-order valence-electron chi connectivity index (χ4n) is 2.33. The van der Waals surface area contributed by atoms with Crippen LogP contribution in [0, 0.1) is 0 Å². The van der Waals surface area contributed by atoms with Crippen molar-refractivity contribution in [2.45, 2.75) is 6.92 Å². The summed E-state index contributed by atoms with van der Waals surface area (Å²) in [5.74, 6) is -0.0219. The Kier molecular flexibility index (Phi) is 7.15. The van der Waals surface area contributed by atoms with Gasteiger partial charge in [-0.1, -0.05) is 22.0 Å². The van der Waals surface area contributed by atoms with E-state index in [1.165, 1.54) is 17.6 Å². The minimum absolute atomic E-state index is 0.319. The molecule has 6 nitrogen and oxygen atoms in total. The number of nitrogens with one attached hydrogen (secondary N) is 1. The number of esters is 1. The van der Waals surface area contributed by atoms with Crippen LogP contribution >= 0.6 is 27.3 Å². The summed E-state index contributed by atoms with van der Waals surface area (Å²) < 4.78 is 11.9. The van der Waals surface area contributed by atoms with Crippen LogP contribution in [0.3, 0.4) is 0 Å². The number of halogens is 1. The Labute approximate surface area is 180 Å². The molecule has 29 heavy (non-hydrogen) atoms. The zero-order valence-corrected chi connectivity index (χ0v) is 17.8. The molecule has 148 valence electrons. The Morgan fingerprint density at radius 2 is 1.93 bits per heavy atom. The van der Waals surface area contributed by atoms with E-state index >= 15 is 0 Å². The summed E-state index contributed by atoms with van der Waals surface area (Å²) in [7, 11) is 0. The van der Waals surface area contributed by atoms with Gasteiger partial charge in [0.25, 0.3) is 5.91 Å². The number of amides is 1. The third-order valence-corrected chi connectivity index (χ3v) is 5.06. The fourth-order valence-corrected chi connectivity index (χ4v) is 3.20. The van der Waals surface area contributed by atoms with E-state index < -0.39 is 5.97 Å². The van der Waals surface area contributed by atoms with E-state index in [1.54, 1.807) is 54.6 Å². The van der Waals surface area contributed by atoms with Gasteiger partial charge in [0, 0.05) is 10.0 Å². The van der Waals surface area contributed by atoms with Crippen LogP contribution in [0.1, 0.15) is 32.5 Å². The van der Waals surface area contributed by atoms with Gasteiger partial charge in [-0.2, -0.15) is 5.10 Å². The van der Waals surface area contributed by atoms with Crippen LogP contribution in [-0.2, 0) is 0 Å². The van der Waals surface area contributed by atoms with Gasteiger partial charge in [-0.25, -0.2) is 10.2 Å². The molecule has 1 amide bonds. The predicted octanol–water partition coefficient (Wildman–Crippen LogP) is 4.89. The predicted molar refractivity (Wildman–Crippen MR) is 116 cm³/mol. The monoisotopic (exact) mass is 472 g/mol. The van der Waals surface area contributed by atoms with E-state index in [0.29, 0.717) is 34.1 Å². The summed E-state index contributed by atoms with van der Waals surface area (Å²) in [6.07, 6.45) is 1.49. The standard InChI is InChI=1S/C21H17BrN2O4S/c1-2-27-18-12-14(5-10-17(18)28-21(26)19-4-3-11-29-19)13-23-24-20(25)15-6-8-16(22)9-7-15/h3-13H,2H2,1H3,(H,24,25)/b23-13-. The molecule has 8 heteroatoms. The molecule has 0 radical (unpaired) electrons. The average molecular weight is 473 g/mol. The summed E-state index contributed by atoms with van der Waals surface area (Å²) >= 11 is 4.63. The summed E-state index contributed by atoms with van der Waals surface area (Å²) in [4.78, 5) is 24.8. The molecule has 0 saturated carbocycles. The molecule has 3 aromatic rings. The molecule has 0 unspecified atom stereocenters. The van der Waals surface area contributed by atoms with Crippen LogP contribution in [0.5, 0.6) is 11.5 Å². The van der Waals surface area contributed by atoms with Gasteiger partial charge >= 0.3 is 5.97 Å². The molecule has 0 aliphatic heterocycles. The minimum atomic E-state index is -0.441. The van der Waals surface area contributed by atoms with Crippen LogP contribution in [0.25, 0.3) is 0 Å². The highest BCUT2D eigenvalue weighted by molar-refractivity contribution is 9.10. The lowest BCUT2D eigenvalue weighted by Crippen LogP contribution is -2.17. The number of hydrazone groups is 1. The lowest BCUT2D eigenvalue weighted by molar-refractivity contribution is 0.0733. The zero-order valence-electron chi connectivity index (χ0n) is 15.4. The fraction of sp³-hybridized carbons (Fsp3) is 0.0952. The first-order chi connectivity index (χ1) is 14.1. The summed E-state index contributed by atoms with van der Waals surface area (Å²) in [5, 5.41) is 5.78. The van der Waals surface area contributed by atoms with E-state index in [-0.39, 0.29) is 5.91 Å². The van der Waals surface area contributed by atoms with Gasteiger partial charge in [0.2, 0.25) is 0 Å². The molecule has 0 atom stereocenters. The zero-order chi connectivity index (χ0) is 20.6. The molecule has 0 fully saturated rings. The molecule has 3 rings (SSSR count). The van der Waals surface area contributed by atoms with Crippen LogP contribution in [0.15, 0.2) is 69.6 Å². The quantitative estimate of drug-likeness (QED) is 0.229. The summed E-state index contributed by atoms with van der Waals surface area (Å²) in [6, 6.07) is 15.5. The van der Waals surface area contributed by atoms with E-state index in [0.717, 1.165) is 4.47 Å². The first-order valence-electron chi connectivity index (χ1n) is 8.68. The number of carbonyl (C=O) groups is 2. The molecular formula is C21H17BrN2O4S. The van der Waals surface area contributed by atoms with E-state index in [2.05, 4.69) is 26.5 Å². The molecule has 2 aromatic carbocycles. The Hall–Kier alpha value is -2.97. The molecule has 0 aliphatic rings. The van der Waals surface area contributed by atoms with E-state index in [1.807, 2.05) is 12.3 Å². The Morgan fingerprint density at radius 1 is 1.14 bits per heavy atom. The first kappa shape index (κ1) is 20.8. The van der Waals surface area contributed by atoms with Crippen molar-refractivity contribution < 1.29 is 19.1 Å². The number of ether oxygens (including phenoxy) is 2. The van der Waals surface area contributed by atoms with Crippen molar-refractivity contribution in [3.8, 4) is 11.5 Å². The summed E-state index contributed by atoms with van der Waals surface area (Å²) in [6.45, 7) is 2.24.